The summed E-state index contributed by atoms with van der Waals surface area (Å²) in [7, 11) is 0. The maximum Gasteiger partial charge on any atom is 0.316 e. The maximum absolute atomic E-state index is 13.2. The Bertz CT molecular complexity index is 965. The number of aliphatic imine (C=N–C) groups is 2. The first kappa shape index (κ1) is 19.9. The van der Waals surface area contributed by atoms with Gasteiger partial charge in [0.25, 0.3) is 0 Å². The summed E-state index contributed by atoms with van der Waals surface area (Å²) in [6.45, 7) is 5.40. The second-order valence-corrected chi connectivity index (χ2v) is 5.88. The normalized spacial score (nSPS) is 15.3. The fourth-order valence-corrected chi connectivity index (χ4v) is 2.41. The van der Waals surface area contributed by atoms with Crippen molar-refractivity contribution >= 4 is 23.4 Å². The van der Waals surface area contributed by atoms with Gasteiger partial charge in [0.1, 0.15) is 11.6 Å². The predicted molar refractivity (Wildman–Crippen MR) is 103 cm³/mol. The van der Waals surface area contributed by atoms with Crippen LogP contribution in [-0.2, 0) is 4.74 Å². The average molecular weight is 402 g/mol. The Morgan fingerprint density at radius 3 is 2.76 bits per heavy atom. The lowest BCUT2D eigenvalue weighted by Gasteiger charge is -2.25. The van der Waals surface area contributed by atoms with Crippen molar-refractivity contribution in [2.75, 3.05) is 31.6 Å². The van der Waals surface area contributed by atoms with E-state index >= 15 is 0 Å². The summed E-state index contributed by atoms with van der Waals surface area (Å²) < 4.78 is 23.3. The monoisotopic (exact) mass is 402 g/mol. The molecule has 5 N–H and O–H groups in total. The topological polar surface area (TPSA) is 157 Å². The summed E-state index contributed by atoms with van der Waals surface area (Å²) in [4.78, 5) is 25.5. The predicted octanol–water partition coefficient (Wildman–Crippen LogP) is 0.284. The fraction of sp³-hybridized carbons (Fsp3) is 0.235. The van der Waals surface area contributed by atoms with E-state index < -0.39 is 11.7 Å². The summed E-state index contributed by atoms with van der Waals surface area (Å²) in [5.74, 6) is -1.50. The van der Waals surface area contributed by atoms with Crippen LogP contribution in [-0.4, -0.2) is 59.0 Å². The van der Waals surface area contributed by atoms with Crippen LogP contribution in [0.5, 0.6) is 0 Å². The van der Waals surface area contributed by atoms with Gasteiger partial charge in [0, 0.05) is 18.8 Å². The van der Waals surface area contributed by atoms with Crippen LogP contribution in [0, 0.1) is 5.82 Å². The lowest BCUT2D eigenvalue weighted by Crippen LogP contribution is -2.40. The maximum atomic E-state index is 13.2. The molecule has 152 valence electrons. The van der Waals surface area contributed by atoms with Gasteiger partial charge in [-0.2, -0.15) is 15.0 Å². The van der Waals surface area contributed by atoms with E-state index in [2.05, 4.69) is 32.0 Å². The highest BCUT2D eigenvalue weighted by Crippen LogP contribution is 2.11. The Balaban J connectivity index is 1.65. The quantitative estimate of drug-likeness (QED) is 0.475. The van der Waals surface area contributed by atoms with Crippen LogP contribution in [0.4, 0.5) is 10.1 Å². The second kappa shape index (κ2) is 8.93. The lowest BCUT2D eigenvalue weighted by atomic mass is 10.3. The number of nitrogens with zero attached hydrogens (tertiary/aromatic N) is 5. The van der Waals surface area contributed by atoms with Gasteiger partial charge in [0.15, 0.2) is 5.84 Å². The van der Waals surface area contributed by atoms with E-state index in [0.717, 1.165) is 0 Å². The van der Waals surface area contributed by atoms with Gasteiger partial charge in [-0.1, -0.05) is 17.8 Å². The lowest BCUT2D eigenvalue weighted by molar-refractivity contribution is 0.0272. The Morgan fingerprint density at radius 1 is 1.28 bits per heavy atom. The summed E-state index contributed by atoms with van der Waals surface area (Å²) in [5, 5.41) is 6.39. The minimum absolute atomic E-state index is 0.108. The Labute approximate surface area is 164 Å². The molecular weight excluding hydrogens is 383 g/mol. The first-order valence-corrected chi connectivity index (χ1v) is 8.53. The number of carbonyl (C=O) groups is 1. The van der Waals surface area contributed by atoms with Crippen molar-refractivity contribution in [2.45, 2.75) is 0 Å². The van der Waals surface area contributed by atoms with Crippen molar-refractivity contribution in [3.63, 3.8) is 0 Å². The molecule has 0 atom stereocenters. The number of ether oxygens (including phenoxy) is 1. The minimum atomic E-state index is -0.422. The second-order valence-electron chi connectivity index (χ2n) is 5.88. The largest absolute Gasteiger partial charge is 0.380 e. The Hall–Kier alpha value is -3.80. The van der Waals surface area contributed by atoms with Gasteiger partial charge in [-0.05, 0) is 18.2 Å². The van der Waals surface area contributed by atoms with Crippen molar-refractivity contribution in [3.05, 3.63) is 54.2 Å². The van der Waals surface area contributed by atoms with Crippen LogP contribution in [0.3, 0.4) is 0 Å². The number of morpholine rings is 1. The third kappa shape index (κ3) is 5.35. The number of amidine groups is 1. The van der Waals surface area contributed by atoms with Gasteiger partial charge in [-0.3, -0.25) is 4.79 Å². The number of nitrogens with two attached hydrogens (primary N) is 2. The number of halogens is 1. The van der Waals surface area contributed by atoms with Crippen LogP contribution in [0.25, 0.3) is 0 Å². The van der Waals surface area contributed by atoms with Gasteiger partial charge in [0.2, 0.25) is 11.8 Å². The van der Waals surface area contributed by atoms with Crippen molar-refractivity contribution in [2.24, 2.45) is 21.5 Å². The number of aromatic nitrogens is 2. The van der Waals surface area contributed by atoms with Crippen LogP contribution in [0.1, 0.15) is 16.5 Å². The first-order chi connectivity index (χ1) is 13.9. The molecular formula is C17H19FN8O3. The van der Waals surface area contributed by atoms with Crippen LogP contribution in [0.2, 0.25) is 0 Å². The number of guanidine groups is 1. The zero-order chi connectivity index (χ0) is 20.8. The van der Waals surface area contributed by atoms with E-state index in [0.29, 0.717) is 32.0 Å². The number of anilines is 1. The summed E-state index contributed by atoms with van der Waals surface area (Å²) in [6.07, 6.45) is 0. The third-order valence-electron chi connectivity index (χ3n) is 3.73. The molecule has 0 saturated carbocycles. The molecule has 29 heavy (non-hydrogen) atoms. The molecule has 1 saturated heterocycles. The number of rotatable bonds is 5. The van der Waals surface area contributed by atoms with Crippen LogP contribution < -0.4 is 16.8 Å². The van der Waals surface area contributed by atoms with E-state index in [1.165, 1.54) is 23.1 Å². The van der Waals surface area contributed by atoms with E-state index in [1.54, 1.807) is 6.07 Å². The van der Waals surface area contributed by atoms with Crippen molar-refractivity contribution < 1.29 is 18.4 Å². The number of amides is 1. The molecule has 1 aliphatic rings. The zero-order valence-electron chi connectivity index (χ0n) is 15.3. The smallest absolute Gasteiger partial charge is 0.316 e. The molecule has 2 heterocycles. The third-order valence-corrected chi connectivity index (χ3v) is 3.73. The van der Waals surface area contributed by atoms with Crippen molar-refractivity contribution in [1.29, 1.82) is 0 Å². The molecule has 1 amide bonds. The van der Waals surface area contributed by atoms with Gasteiger partial charge >= 0.3 is 11.8 Å². The Morgan fingerprint density at radius 2 is 2.03 bits per heavy atom. The van der Waals surface area contributed by atoms with E-state index in [4.69, 9.17) is 20.7 Å². The highest BCUT2D eigenvalue weighted by molar-refractivity contribution is 6.02. The average Bonchev–Trinajstić information content (AvgIpc) is 3.18. The molecule has 2 aromatic rings. The molecule has 0 unspecified atom stereocenters. The van der Waals surface area contributed by atoms with Gasteiger partial charge < -0.3 is 30.9 Å². The molecule has 0 bridgehead atoms. The number of carbonyl (C=O) groups excluding carboxylic acids is 1. The number of hydrogen-bond acceptors (Lipinski definition) is 7. The van der Waals surface area contributed by atoms with Gasteiger partial charge in [-0.25, -0.2) is 4.39 Å². The van der Waals surface area contributed by atoms with Gasteiger partial charge in [0.05, 0.1) is 13.2 Å². The highest BCUT2D eigenvalue weighted by Gasteiger charge is 2.24. The molecule has 3 rings (SSSR count). The number of benzene rings is 1. The zero-order valence-corrected chi connectivity index (χ0v) is 15.3. The molecule has 0 aliphatic carbocycles. The van der Waals surface area contributed by atoms with E-state index in [9.17, 15) is 9.18 Å². The van der Waals surface area contributed by atoms with Crippen LogP contribution in [0.15, 0.2) is 51.2 Å². The van der Waals surface area contributed by atoms with E-state index in [-0.39, 0.29) is 29.3 Å². The van der Waals surface area contributed by atoms with Crippen LogP contribution >= 0.6 is 0 Å². The van der Waals surface area contributed by atoms with E-state index in [1.807, 2.05) is 0 Å². The molecule has 1 fully saturated rings. The molecule has 11 nitrogen and oxygen atoms in total. The molecule has 12 heteroatoms. The standard InChI is InChI=1S/C17H19FN8O3/c1-10(21-12-4-2-3-11(18)9-12)22-17(20)23-13(19)14-24-15(29-25-14)16(27)26-5-7-28-8-6-26/h2-4,9,21H,1,5-8H2,(H4,19,20,22,23). The molecule has 1 aromatic heterocycles. The van der Waals surface area contributed by atoms with Crippen molar-refractivity contribution in [3.8, 4) is 0 Å². The highest BCUT2D eigenvalue weighted by atomic mass is 19.1. The summed E-state index contributed by atoms with van der Waals surface area (Å²) >= 11 is 0. The molecule has 1 aromatic carbocycles. The summed E-state index contributed by atoms with van der Waals surface area (Å²) in [6, 6.07) is 5.73. The number of nitrogens with one attached hydrogen (secondary N) is 1. The fourth-order valence-electron chi connectivity index (χ4n) is 2.41. The SMILES string of the molecule is C=C(N=C(N)N=C(N)c1noc(C(=O)N2CCOCC2)n1)Nc1cccc(F)c1. The number of hydrogen-bond donors (Lipinski definition) is 3. The minimum Gasteiger partial charge on any atom is -0.380 e. The Kier molecular flexibility index (Phi) is 6.14. The molecule has 0 spiro atoms. The first-order valence-electron chi connectivity index (χ1n) is 8.53. The summed E-state index contributed by atoms with van der Waals surface area (Å²) in [5.41, 5.74) is 11.9. The van der Waals surface area contributed by atoms with Crippen molar-refractivity contribution in [1.82, 2.24) is 15.0 Å². The molecule has 1 aliphatic heterocycles. The van der Waals surface area contributed by atoms with Gasteiger partial charge in [-0.15, -0.1) is 0 Å². The molecule has 0 radical (unpaired) electrons.